The minimum atomic E-state index is -0.330. The summed E-state index contributed by atoms with van der Waals surface area (Å²) in [6, 6.07) is 0. The summed E-state index contributed by atoms with van der Waals surface area (Å²) in [6.45, 7) is 4.55. The number of rotatable bonds is 0. The van der Waals surface area contributed by atoms with Crippen LogP contribution in [0.25, 0.3) is 0 Å². The second-order valence-corrected chi connectivity index (χ2v) is 5.49. The first kappa shape index (κ1) is 9.51. The predicted molar refractivity (Wildman–Crippen MR) is 54.5 cm³/mol. The molecule has 2 aliphatic carbocycles. The van der Waals surface area contributed by atoms with Crippen molar-refractivity contribution < 1.29 is 5.11 Å². The van der Waals surface area contributed by atoms with E-state index in [1.165, 1.54) is 38.5 Å². The Morgan fingerprint density at radius 1 is 1.08 bits per heavy atom. The number of hydrogen-bond donors (Lipinski definition) is 1. The Balaban J connectivity index is 2.27. The van der Waals surface area contributed by atoms with E-state index in [-0.39, 0.29) is 11.0 Å². The van der Waals surface area contributed by atoms with E-state index in [2.05, 4.69) is 13.8 Å². The van der Waals surface area contributed by atoms with E-state index >= 15 is 0 Å². The van der Waals surface area contributed by atoms with Crippen LogP contribution in [0.15, 0.2) is 0 Å². The van der Waals surface area contributed by atoms with E-state index in [9.17, 15) is 5.11 Å². The van der Waals surface area contributed by atoms with E-state index < -0.39 is 0 Å². The maximum absolute atomic E-state index is 10.7. The summed E-state index contributed by atoms with van der Waals surface area (Å²) in [5, 5.41) is 10.7. The zero-order valence-electron chi connectivity index (χ0n) is 8.97. The second-order valence-electron chi connectivity index (χ2n) is 5.49. The maximum Gasteiger partial charge on any atom is 0.0726 e. The van der Waals surface area contributed by atoms with Crippen molar-refractivity contribution in [3.05, 3.63) is 0 Å². The van der Waals surface area contributed by atoms with Crippen LogP contribution in [0.1, 0.15) is 58.8 Å². The molecule has 76 valence electrons. The fourth-order valence-electron chi connectivity index (χ4n) is 3.65. The quantitative estimate of drug-likeness (QED) is 0.610. The lowest BCUT2D eigenvalue weighted by molar-refractivity contribution is -0.164. The fourth-order valence-corrected chi connectivity index (χ4v) is 3.65. The number of hydrogen-bond acceptors (Lipinski definition) is 1. The summed E-state index contributed by atoms with van der Waals surface area (Å²) >= 11 is 0. The molecule has 0 heterocycles. The zero-order chi connectivity index (χ0) is 9.53. The molecule has 13 heavy (non-hydrogen) atoms. The predicted octanol–water partition coefficient (Wildman–Crippen LogP) is 3.12. The van der Waals surface area contributed by atoms with Gasteiger partial charge in [0, 0.05) is 0 Å². The normalized spacial score (nSPS) is 51.5. The van der Waals surface area contributed by atoms with Gasteiger partial charge in [0.05, 0.1) is 5.60 Å². The third-order valence-electron chi connectivity index (χ3n) is 4.76. The van der Waals surface area contributed by atoms with Gasteiger partial charge in [-0.15, -0.1) is 0 Å². The van der Waals surface area contributed by atoms with Crippen molar-refractivity contribution in [1.82, 2.24) is 0 Å². The first-order chi connectivity index (χ1) is 6.08. The monoisotopic (exact) mass is 182 g/mol. The molecular weight excluding hydrogens is 160 g/mol. The lowest BCUT2D eigenvalue weighted by Gasteiger charge is -2.55. The van der Waals surface area contributed by atoms with Crippen molar-refractivity contribution in [2.45, 2.75) is 64.4 Å². The van der Waals surface area contributed by atoms with Gasteiger partial charge in [0.2, 0.25) is 0 Å². The highest BCUT2D eigenvalue weighted by Gasteiger charge is 2.52. The molecule has 0 spiro atoms. The van der Waals surface area contributed by atoms with Crippen LogP contribution in [-0.2, 0) is 0 Å². The molecule has 1 N–H and O–H groups in total. The fraction of sp³-hybridized carbons (Fsp3) is 1.00. The molecule has 0 aromatic carbocycles. The zero-order valence-corrected chi connectivity index (χ0v) is 8.97. The smallest absolute Gasteiger partial charge is 0.0726 e. The molecule has 0 aliphatic heterocycles. The van der Waals surface area contributed by atoms with Gasteiger partial charge >= 0.3 is 0 Å². The molecule has 2 saturated carbocycles. The Labute approximate surface area is 81.5 Å². The average molecular weight is 182 g/mol. The molecule has 0 amide bonds. The van der Waals surface area contributed by atoms with Crippen molar-refractivity contribution in [3.63, 3.8) is 0 Å². The van der Waals surface area contributed by atoms with E-state index in [0.717, 1.165) is 6.42 Å². The van der Waals surface area contributed by atoms with Crippen LogP contribution in [0, 0.1) is 11.3 Å². The molecule has 0 bridgehead atoms. The third-order valence-corrected chi connectivity index (χ3v) is 4.76. The number of aliphatic hydroxyl groups is 1. The summed E-state index contributed by atoms with van der Waals surface area (Å²) in [5.74, 6) is 0.520. The number of fused-ring (bicyclic) bond motifs is 1. The molecule has 0 saturated heterocycles. The van der Waals surface area contributed by atoms with Crippen LogP contribution < -0.4 is 0 Å². The Hall–Kier alpha value is -0.0400. The molecule has 0 aromatic rings. The lowest BCUT2D eigenvalue weighted by atomic mass is 9.54. The summed E-state index contributed by atoms with van der Waals surface area (Å²) in [4.78, 5) is 0. The molecule has 1 nitrogen and oxygen atoms in total. The highest BCUT2D eigenvalue weighted by molar-refractivity contribution is 5.04. The summed E-state index contributed by atoms with van der Waals surface area (Å²) in [7, 11) is 0. The van der Waals surface area contributed by atoms with Gasteiger partial charge in [-0.25, -0.2) is 0 Å². The van der Waals surface area contributed by atoms with Crippen LogP contribution in [0.5, 0.6) is 0 Å². The van der Waals surface area contributed by atoms with Gasteiger partial charge in [0.15, 0.2) is 0 Å². The minimum Gasteiger partial charge on any atom is -0.389 e. The van der Waals surface area contributed by atoms with Crippen molar-refractivity contribution in [3.8, 4) is 0 Å². The lowest BCUT2D eigenvalue weighted by Crippen LogP contribution is -2.55. The Morgan fingerprint density at radius 2 is 1.69 bits per heavy atom. The van der Waals surface area contributed by atoms with Gasteiger partial charge in [-0.05, 0) is 37.0 Å². The summed E-state index contributed by atoms with van der Waals surface area (Å²) in [5.41, 5.74) is -0.0909. The van der Waals surface area contributed by atoms with Crippen LogP contribution in [-0.4, -0.2) is 10.7 Å². The summed E-state index contributed by atoms with van der Waals surface area (Å²) < 4.78 is 0. The molecular formula is C12H22O. The van der Waals surface area contributed by atoms with Gasteiger partial charge in [-0.3, -0.25) is 0 Å². The highest BCUT2D eigenvalue weighted by atomic mass is 16.3. The molecule has 3 atom stereocenters. The SMILES string of the molecule is C[C@H]1CCCC2(C)CCCC[C@]12O. The van der Waals surface area contributed by atoms with Crippen molar-refractivity contribution in [1.29, 1.82) is 0 Å². The van der Waals surface area contributed by atoms with Crippen LogP contribution in [0.4, 0.5) is 0 Å². The van der Waals surface area contributed by atoms with Gasteiger partial charge in [-0.1, -0.05) is 33.1 Å². The van der Waals surface area contributed by atoms with Gasteiger partial charge in [0.25, 0.3) is 0 Å². The van der Waals surface area contributed by atoms with Gasteiger partial charge in [0.1, 0.15) is 0 Å². The largest absolute Gasteiger partial charge is 0.389 e. The maximum atomic E-state index is 10.7. The topological polar surface area (TPSA) is 20.2 Å². The van der Waals surface area contributed by atoms with Crippen molar-refractivity contribution in [2.24, 2.45) is 11.3 Å². The molecule has 2 rings (SSSR count). The minimum absolute atomic E-state index is 0.239. The van der Waals surface area contributed by atoms with Crippen LogP contribution >= 0.6 is 0 Å². The Bertz CT molecular complexity index is 197. The van der Waals surface area contributed by atoms with E-state index in [1.807, 2.05) is 0 Å². The Kier molecular flexibility index (Phi) is 2.18. The van der Waals surface area contributed by atoms with E-state index in [4.69, 9.17) is 0 Å². The van der Waals surface area contributed by atoms with E-state index in [0.29, 0.717) is 5.92 Å². The van der Waals surface area contributed by atoms with Crippen molar-refractivity contribution >= 4 is 0 Å². The van der Waals surface area contributed by atoms with Gasteiger partial charge < -0.3 is 5.11 Å². The summed E-state index contributed by atoms with van der Waals surface area (Å²) in [6.07, 6.45) is 8.64. The first-order valence-electron chi connectivity index (χ1n) is 5.81. The van der Waals surface area contributed by atoms with Crippen LogP contribution in [0.3, 0.4) is 0 Å². The molecule has 2 fully saturated rings. The molecule has 1 heteroatoms. The third kappa shape index (κ3) is 1.24. The molecule has 1 unspecified atom stereocenters. The van der Waals surface area contributed by atoms with E-state index in [1.54, 1.807) is 0 Å². The van der Waals surface area contributed by atoms with Crippen molar-refractivity contribution in [2.75, 3.05) is 0 Å². The highest BCUT2D eigenvalue weighted by Crippen LogP contribution is 2.55. The first-order valence-corrected chi connectivity index (χ1v) is 5.81. The van der Waals surface area contributed by atoms with Gasteiger partial charge in [-0.2, -0.15) is 0 Å². The second kappa shape index (κ2) is 2.98. The standard InChI is InChI=1S/C12H22O/c1-10-6-5-8-11(2)7-3-4-9-12(10,11)13/h10,13H,3-9H2,1-2H3/t10-,11?,12-/m0/s1. The Morgan fingerprint density at radius 3 is 2.38 bits per heavy atom. The molecule has 0 aromatic heterocycles. The van der Waals surface area contributed by atoms with Crippen LogP contribution in [0.2, 0.25) is 0 Å². The average Bonchev–Trinajstić information content (AvgIpc) is 2.09. The molecule has 2 aliphatic rings. The molecule has 0 radical (unpaired) electrons.